The zero-order valence-corrected chi connectivity index (χ0v) is 12.2. The Bertz CT molecular complexity index is 470. The van der Waals surface area contributed by atoms with E-state index in [2.05, 4.69) is 4.98 Å². The van der Waals surface area contributed by atoms with Gasteiger partial charge < -0.3 is 10.0 Å². The molecule has 21 heavy (non-hydrogen) atoms. The summed E-state index contributed by atoms with van der Waals surface area (Å²) in [6, 6.07) is 3.74. The molecule has 1 N–H and O–H groups in total. The van der Waals surface area contributed by atoms with Crippen molar-refractivity contribution in [2.75, 3.05) is 6.54 Å². The molecule has 1 fully saturated rings. The summed E-state index contributed by atoms with van der Waals surface area (Å²) in [7, 11) is 0. The molecule has 0 bridgehead atoms. The second kappa shape index (κ2) is 7.76. The van der Waals surface area contributed by atoms with Crippen molar-refractivity contribution in [2.45, 2.75) is 45.1 Å². The van der Waals surface area contributed by atoms with Crippen molar-refractivity contribution in [3.63, 3.8) is 0 Å². The lowest BCUT2D eigenvalue weighted by atomic mass is 9.88. The molecular formula is C16H22N2O3. The molecule has 0 aromatic carbocycles. The molecule has 2 rings (SSSR count). The highest BCUT2D eigenvalue weighted by Crippen LogP contribution is 2.26. The topological polar surface area (TPSA) is 70.5 Å². The van der Waals surface area contributed by atoms with Gasteiger partial charge in [-0.15, -0.1) is 0 Å². The normalized spacial score (nSPS) is 15.6. The fourth-order valence-electron chi connectivity index (χ4n) is 2.82. The van der Waals surface area contributed by atoms with Crippen molar-refractivity contribution >= 4 is 11.9 Å². The fourth-order valence-corrected chi connectivity index (χ4v) is 2.82. The molecule has 5 nitrogen and oxygen atoms in total. The lowest BCUT2D eigenvalue weighted by Gasteiger charge is -2.29. The van der Waals surface area contributed by atoms with Crippen LogP contribution in [0, 0.1) is 5.92 Å². The minimum Gasteiger partial charge on any atom is -0.481 e. The Morgan fingerprint density at radius 1 is 1.29 bits per heavy atom. The number of carbonyl (C=O) groups excluding carboxylic acids is 1. The molecule has 1 aromatic heterocycles. The number of rotatable bonds is 6. The van der Waals surface area contributed by atoms with Gasteiger partial charge in [-0.3, -0.25) is 14.6 Å². The first-order valence-corrected chi connectivity index (χ1v) is 7.56. The quantitative estimate of drug-likeness (QED) is 0.873. The van der Waals surface area contributed by atoms with E-state index in [1.165, 1.54) is 6.42 Å². The van der Waals surface area contributed by atoms with Gasteiger partial charge in [0.05, 0.1) is 6.42 Å². The SMILES string of the molecule is O=C(O)CCN(Cc1cccnc1)C(=O)C1CCCCC1. The van der Waals surface area contributed by atoms with Crippen molar-refractivity contribution in [3.8, 4) is 0 Å². The van der Waals surface area contributed by atoms with Gasteiger partial charge in [0.25, 0.3) is 0 Å². The summed E-state index contributed by atoms with van der Waals surface area (Å²) in [5.41, 5.74) is 0.937. The summed E-state index contributed by atoms with van der Waals surface area (Å²) in [5.74, 6) is -0.716. The summed E-state index contributed by atoms with van der Waals surface area (Å²) in [6.45, 7) is 0.704. The van der Waals surface area contributed by atoms with Crippen molar-refractivity contribution in [1.82, 2.24) is 9.88 Å². The minimum atomic E-state index is -0.873. The van der Waals surface area contributed by atoms with Crippen LogP contribution < -0.4 is 0 Å². The number of aromatic nitrogens is 1. The second-order valence-corrected chi connectivity index (χ2v) is 5.60. The van der Waals surface area contributed by atoms with E-state index in [4.69, 9.17) is 5.11 Å². The van der Waals surface area contributed by atoms with E-state index in [-0.39, 0.29) is 24.8 Å². The van der Waals surface area contributed by atoms with Gasteiger partial charge in [0.15, 0.2) is 0 Å². The monoisotopic (exact) mass is 290 g/mol. The van der Waals surface area contributed by atoms with Gasteiger partial charge in [0.1, 0.15) is 0 Å². The number of carboxylic acid groups (broad SMARTS) is 1. The van der Waals surface area contributed by atoms with Crippen LogP contribution in [0.5, 0.6) is 0 Å². The highest BCUT2D eigenvalue weighted by atomic mass is 16.4. The summed E-state index contributed by atoms with van der Waals surface area (Å²) < 4.78 is 0. The molecule has 1 amide bonds. The van der Waals surface area contributed by atoms with E-state index >= 15 is 0 Å². The molecule has 114 valence electrons. The Morgan fingerprint density at radius 2 is 2.05 bits per heavy atom. The van der Waals surface area contributed by atoms with Gasteiger partial charge in [0, 0.05) is 31.4 Å². The molecule has 1 aromatic rings. The maximum atomic E-state index is 12.6. The molecule has 1 aliphatic carbocycles. The third-order valence-electron chi connectivity index (χ3n) is 3.96. The number of pyridine rings is 1. The van der Waals surface area contributed by atoms with Crippen LogP contribution in [0.25, 0.3) is 0 Å². The van der Waals surface area contributed by atoms with Crippen molar-refractivity contribution in [1.29, 1.82) is 0 Å². The average Bonchev–Trinajstić information content (AvgIpc) is 2.52. The molecule has 1 heterocycles. The largest absolute Gasteiger partial charge is 0.481 e. The summed E-state index contributed by atoms with van der Waals surface area (Å²) in [4.78, 5) is 29.2. The maximum absolute atomic E-state index is 12.6. The van der Waals surface area contributed by atoms with Crippen molar-refractivity contribution in [2.24, 2.45) is 5.92 Å². The standard InChI is InChI=1S/C16H22N2O3/c19-15(20)8-10-18(12-13-5-4-9-17-11-13)16(21)14-6-2-1-3-7-14/h4-5,9,11,14H,1-3,6-8,10,12H2,(H,19,20). The first kappa shape index (κ1) is 15.5. The maximum Gasteiger partial charge on any atom is 0.305 e. The zero-order chi connectivity index (χ0) is 15.1. The number of hydrogen-bond acceptors (Lipinski definition) is 3. The van der Waals surface area contributed by atoms with E-state index in [9.17, 15) is 9.59 Å². The van der Waals surface area contributed by atoms with Gasteiger partial charge in [0.2, 0.25) is 5.91 Å². The molecule has 0 radical (unpaired) electrons. The Kier molecular flexibility index (Phi) is 5.72. The highest BCUT2D eigenvalue weighted by Gasteiger charge is 2.26. The Hall–Kier alpha value is -1.91. The van der Waals surface area contributed by atoms with Gasteiger partial charge in [-0.1, -0.05) is 25.3 Å². The van der Waals surface area contributed by atoms with E-state index in [1.54, 1.807) is 17.3 Å². The molecule has 1 aliphatic rings. The van der Waals surface area contributed by atoms with Crippen LogP contribution >= 0.6 is 0 Å². The molecule has 0 atom stereocenters. The van der Waals surface area contributed by atoms with Crippen LogP contribution in [-0.2, 0) is 16.1 Å². The first-order valence-electron chi connectivity index (χ1n) is 7.56. The van der Waals surface area contributed by atoms with Crippen LogP contribution in [0.4, 0.5) is 0 Å². The number of aliphatic carboxylic acids is 1. The predicted molar refractivity (Wildman–Crippen MR) is 78.5 cm³/mol. The van der Waals surface area contributed by atoms with E-state index < -0.39 is 5.97 Å². The predicted octanol–water partition coefficient (Wildman–Crippen LogP) is 2.47. The number of carboxylic acids is 1. The molecule has 1 saturated carbocycles. The number of carbonyl (C=O) groups is 2. The summed E-state index contributed by atoms with van der Waals surface area (Å²) >= 11 is 0. The summed E-state index contributed by atoms with van der Waals surface area (Å²) in [5, 5.41) is 8.87. The van der Waals surface area contributed by atoms with Crippen LogP contribution in [0.3, 0.4) is 0 Å². The first-order chi connectivity index (χ1) is 10.2. The third-order valence-corrected chi connectivity index (χ3v) is 3.96. The Balaban J connectivity index is 2.03. The number of nitrogens with zero attached hydrogens (tertiary/aromatic N) is 2. The highest BCUT2D eigenvalue weighted by molar-refractivity contribution is 5.79. The van der Waals surface area contributed by atoms with Crippen molar-refractivity contribution < 1.29 is 14.7 Å². The molecule has 0 saturated heterocycles. The van der Waals surface area contributed by atoms with E-state index in [0.29, 0.717) is 6.54 Å². The molecular weight excluding hydrogens is 268 g/mol. The minimum absolute atomic E-state index is 0.0152. The van der Waals surface area contributed by atoms with E-state index in [1.807, 2.05) is 12.1 Å². The summed E-state index contributed by atoms with van der Waals surface area (Å²) in [6.07, 6.45) is 8.63. The number of hydrogen-bond donors (Lipinski definition) is 1. The lowest BCUT2D eigenvalue weighted by Crippen LogP contribution is -2.38. The molecule has 0 unspecified atom stereocenters. The van der Waals surface area contributed by atoms with Gasteiger partial charge in [-0.25, -0.2) is 0 Å². The smallest absolute Gasteiger partial charge is 0.305 e. The average molecular weight is 290 g/mol. The van der Waals surface area contributed by atoms with Crippen LogP contribution in [0.15, 0.2) is 24.5 Å². The third kappa shape index (κ3) is 4.85. The Morgan fingerprint density at radius 3 is 2.67 bits per heavy atom. The molecule has 0 aliphatic heterocycles. The van der Waals surface area contributed by atoms with Gasteiger partial charge in [-0.2, -0.15) is 0 Å². The Labute approximate surface area is 125 Å². The van der Waals surface area contributed by atoms with E-state index in [0.717, 1.165) is 31.2 Å². The van der Waals surface area contributed by atoms with Crippen LogP contribution in [0.2, 0.25) is 0 Å². The molecule has 0 spiro atoms. The lowest BCUT2D eigenvalue weighted by molar-refractivity contribution is -0.140. The molecule has 5 heteroatoms. The van der Waals surface area contributed by atoms with Gasteiger partial charge in [-0.05, 0) is 24.5 Å². The fraction of sp³-hybridized carbons (Fsp3) is 0.562. The number of amides is 1. The van der Waals surface area contributed by atoms with Crippen LogP contribution in [0.1, 0.15) is 44.1 Å². The van der Waals surface area contributed by atoms with Crippen LogP contribution in [-0.4, -0.2) is 33.4 Å². The zero-order valence-electron chi connectivity index (χ0n) is 12.2. The van der Waals surface area contributed by atoms with Crippen molar-refractivity contribution in [3.05, 3.63) is 30.1 Å². The van der Waals surface area contributed by atoms with Gasteiger partial charge >= 0.3 is 5.97 Å². The second-order valence-electron chi connectivity index (χ2n) is 5.60.